The lowest BCUT2D eigenvalue weighted by Crippen LogP contribution is -2.30. The van der Waals surface area contributed by atoms with E-state index in [-0.39, 0.29) is 17.3 Å². The molecule has 0 saturated carbocycles. The fourth-order valence-corrected chi connectivity index (χ4v) is 3.19. The maximum Gasteiger partial charge on any atom is 0.130 e. The molecule has 2 aromatic rings. The molecule has 1 aromatic carbocycles. The Kier molecular flexibility index (Phi) is 4.76. The molecule has 21 heavy (non-hydrogen) atoms. The van der Waals surface area contributed by atoms with Crippen molar-refractivity contribution in [1.82, 2.24) is 10.4 Å². The zero-order chi connectivity index (χ0) is 15.6. The summed E-state index contributed by atoms with van der Waals surface area (Å²) in [5.41, 5.74) is 5.01. The van der Waals surface area contributed by atoms with Crippen molar-refractivity contribution in [3.8, 4) is 0 Å². The SMILES string of the molecule is Cc1cccc(C(Cc2nc(C(C)(C)C)cs2)NN)c1F. The molecule has 1 heterocycles. The van der Waals surface area contributed by atoms with Gasteiger partial charge in [0.2, 0.25) is 0 Å². The molecule has 5 heteroatoms. The Morgan fingerprint density at radius 1 is 1.38 bits per heavy atom. The van der Waals surface area contributed by atoms with Crippen molar-refractivity contribution < 1.29 is 4.39 Å². The van der Waals surface area contributed by atoms with Gasteiger partial charge in [-0.15, -0.1) is 11.3 Å². The number of hydrogen-bond donors (Lipinski definition) is 2. The average molecular weight is 307 g/mol. The van der Waals surface area contributed by atoms with Crippen LogP contribution in [0.3, 0.4) is 0 Å². The third kappa shape index (κ3) is 3.67. The van der Waals surface area contributed by atoms with E-state index in [2.05, 4.69) is 36.6 Å². The number of hydrazine groups is 1. The highest BCUT2D eigenvalue weighted by Gasteiger charge is 2.21. The molecule has 0 fully saturated rings. The lowest BCUT2D eigenvalue weighted by molar-refractivity contribution is 0.504. The summed E-state index contributed by atoms with van der Waals surface area (Å²) in [5, 5.41) is 3.03. The van der Waals surface area contributed by atoms with Gasteiger partial charge in [0.25, 0.3) is 0 Å². The van der Waals surface area contributed by atoms with Crippen LogP contribution in [0.2, 0.25) is 0 Å². The number of nitrogens with one attached hydrogen (secondary N) is 1. The van der Waals surface area contributed by atoms with Gasteiger partial charge in [0, 0.05) is 22.8 Å². The van der Waals surface area contributed by atoms with Crippen molar-refractivity contribution in [2.75, 3.05) is 0 Å². The van der Waals surface area contributed by atoms with Crippen molar-refractivity contribution in [2.24, 2.45) is 5.84 Å². The van der Waals surface area contributed by atoms with Gasteiger partial charge in [-0.2, -0.15) is 0 Å². The highest BCUT2D eigenvalue weighted by Crippen LogP contribution is 2.27. The van der Waals surface area contributed by atoms with E-state index < -0.39 is 0 Å². The molecule has 0 saturated heterocycles. The summed E-state index contributed by atoms with van der Waals surface area (Å²) in [4.78, 5) is 4.65. The van der Waals surface area contributed by atoms with Gasteiger partial charge in [0.15, 0.2) is 0 Å². The predicted molar refractivity (Wildman–Crippen MR) is 85.7 cm³/mol. The summed E-state index contributed by atoms with van der Waals surface area (Å²) in [6.07, 6.45) is 0.581. The van der Waals surface area contributed by atoms with E-state index in [0.29, 0.717) is 17.5 Å². The largest absolute Gasteiger partial charge is 0.271 e. The molecule has 0 bridgehead atoms. The van der Waals surface area contributed by atoms with Crippen molar-refractivity contribution in [3.63, 3.8) is 0 Å². The number of thiazole rings is 1. The first-order valence-corrected chi connectivity index (χ1v) is 7.87. The van der Waals surface area contributed by atoms with Gasteiger partial charge >= 0.3 is 0 Å². The number of halogens is 1. The van der Waals surface area contributed by atoms with Crippen LogP contribution in [0, 0.1) is 12.7 Å². The molecule has 1 aromatic heterocycles. The molecule has 0 aliphatic rings. The second-order valence-electron chi connectivity index (χ2n) is 6.28. The molecule has 0 spiro atoms. The third-order valence-electron chi connectivity index (χ3n) is 3.50. The molecule has 0 aliphatic carbocycles. The van der Waals surface area contributed by atoms with Crippen molar-refractivity contribution >= 4 is 11.3 Å². The van der Waals surface area contributed by atoms with Crippen LogP contribution in [0.25, 0.3) is 0 Å². The molecule has 3 nitrogen and oxygen atoms in total. The Bertz CT molecular complexity index is 616. The first-order valence-electron chi connectivity index (χ1n) is 6.99. The van der Waals surface area contributed by atoms with E-state index in [1.165, 1.54) is 0 Å². The zero-order valence-electron chi connectivity index (χ0n) is 12.9. The van der Waals surface area contributed by atoms with Gasteiger partial charge in [-0.25, -0.2) is 9.37 Å². The van der Waals surface area contributed by atoms with Gasteiger partial charge in [-0.1, -0.05) is 39.0 Å². The lowest BCUT2D eigenvalue weighted by atomic mass is 9.93. The molecular formula is C16H22FN3S. The monoisotopic (exact) mass is 307 g/mol. The third-order valence-corrected chi connectivity index (χ3v) is 4.37. The molecule has 3 N–H and O–H groups in total. The number of nitrogens with two attached hydrogens (primary N) is 1. The lowest BCUT2D eigenvalue weighted by Gasteiger charge is -2.17. The van der Waals surface area contributed by atoms with Gasteiger partial charge in [0.1, 0.15) is 5.82 Å². The summed E-state index contributed by atoms with van der Waals surface area (Å²) < 4.78 is 14.2. The van der Waals surface area contributed by atoms with Crippen LogP contribution in [0.15, 0.2) is 23.6 Å². The minimum atomic E-state index is -0.274. The smallest absolute Gasteiger partial charge is 0.130 e. The van der Waals surface area contributed by atoms with E-state index in [9.17, 15) is 4.39 Å². The highest BCUT2D eigenvalue weighted by molar-refractivity contribution is 7.09. The van der Waals surface area contributed by atoms with E-state index in [1.54, 1.807) is 30.4 Å². The summed E-state index contributed by atoms with van der Waals surface area (Å²) in [5.74, 6) is 5.42. The molecule has 1 unspecified atom stereocenters. The Labute approximate surface area is 129 Å². The first kappa shape index (κ1) is 16.1. The normalized spacial score (nSPS) is 13.4. The van der Waals surface area contributed by atoms with Crippen LogP contribution in [-0.4, -0.2) is 4.98 Å². The van der Waals surface area contributed by atoms with Crippen molar-refractivity contribution in [2.45, 2.75) is 45.6 Å². The maximum atomic E-state index is 14.2. The molecule has 114 valence electrons. The number of nitrogens with zero attached hydrogens (tertiary/aromatic N) is 1. The highest BCUT2D eigenvalue weighted by atomic mass is 32.1. The minimum absolute atomic E-state index is 0.0228. The van der Waals surface area contributed by atoms with Crippen LogP contribution in [0.4, 0.5) is 4.39 Å². The number of aryl methyl sites for hydroxylation is 1. The molecule has 0 amide bonds. The van der Waals surface area contributed by atoms with E-state index in [0.717, 1.165) is 10.7 Å². The van der Waals surface area contributed by atoms with Gasteiger partial charge in [-0.05, 0) is 12.5 Å². The van der Waals surface area contributed by atoms with Crippen LogP contribution in [0.5, 0.6) is 0 Å². The Hall–Kier alpha value is -1.30. The van der Waals surface area contributed by atoms with E-state index >= 15 is 0 Å². The van der Waals surface area contributed by atoms with Crippen molar-refractivity contribution in [1.29, 1.82) is 0 Å². The average Bonchev–Trinajstić information content (AvgIpc) is 2.88. The summed E-state index contributed by atoms with van der Waals surface area (Å²) >= 11 is 1.60. The number of benzene rings is 1. The fourth-order valence-electron chi connectivity index (χ4n) is 2.12. The van der Waals surface area contributed by atoms with Crippen LogP contribution in [-0.2, 0) is 11.8 Å². The van der Waals surface area contributed by atoms with Crippen LogP contribution >= 0.6 is 11.3 Å². The Morgan fingerprint density at radius 2 is 2.10 bits per heavy atom. The number of hydrogen-bond acceptors (Lipinski definition) is 4. The quantitative estimate of drug-likeness (QED) is 0.670. The molecule has 0 aliphatic heterocycles. The van der Waals surface area contributed by atoms with E-state index in [4.69, 9.17) is 5.84 Å². The fraction of sp³-hybridized carbons (Fsp3) is 0.438. The van der Waals surface area contributed by atoms with Crippen LogP contribution in [0.1, 0.15) is 48.6 Å². The topological polar surface area (TPSA) is 50.9 Å². The summed E-state index contributed by atoms with van der Waals surface area (Å²) in [6, 6.07) is 5.10. The molecular weight excluding hydrogens is 285 g/mol. The van der Waals surface area contributed by atoms with Crippen LogP contribution < -0.4 is 11.3 Å². The Balaban J connectivity index is 2.23. The standard InChI is InChI=1S/C16H22FN3S/c1-10-6-5-7-11(15(10)17)12(20-18)8-14-19-13(9-21-14)16(2,3)4/h5-7,9,12,20H,8,18H2,1-4H3. The predicted octanol–water partition coefficient (Wildman–Crippen LogP) is 3.64. The summed E-state index contributed by atoms with van der Waals surface area (Å²) in [6.45, 7) is 8.15. The second kappa shape index (κ2) is 6.22. The maximum absolute atomic E-state index is 14.2. The second-order valence-corrected chi connectivity index (χ2v) is 7.22. The molecule has 2 rings (SSSR count). The first-order chi connectivity index (χ1) is 9.82. The van der Waals surface area contributed by atoms with Gasteiger partial charge in [-0.3, -0.25) is 11.3 Å². The van der Waals surface area contributed by atoms with Gasteiger partial charge in [0.05, 0.1) is 16.7 Å². The van der Waals surface area contributed by atoms with E-state index in [1.807, 2.05) is 6.07 Å². The summed E-state index contributed by atoms with van der Waals surface area (Å²) in [7, 11) is 0. The Morgan fingerprint density at radius 3 is 2.67 bits per heavy atom. The molecule has 0 radical (unpaired) electrons. The van der Waals surface area contributed by atoms with Gasteiger partial charge < -0.3 is 0 Å². The molecule has 1 atom stereocenters. The number of rotatable bonds is 4. The zero-order valence-corrected chi connectivity index (χ0v) is 13.7. The number of aromatic nitrogens is 1. The van der Waals surface area contributed by atoms with Crippen molar-refractivity contribution in [3.05, 3.63) is 51.2 Å². The minimum Gasteiger partial charge on any atom is -0.271 e.